The van der Waals surface area contributed by atoms with Crippen molar-refractivity contribution in [3.05, 3.63) is 29.3 Å². The molecule has 1 aromatic rings. The number of benzene rings is 1. The Balaban J connectivity index is 2.58. The van der Waals surface area contributed by atoms with Gasteiger partial charge >= 0.3 is 0 Å². The molecule has 0 aromatic heterocycles. The van der Waals surface area contributed by atoms with Crippen LogP contribution in [0.2, 0.25) is 0 Å². The molecular weight excluding hydrogens is 304 g/mol. The van der Waals surface area contributed by atoms with Crippen LogP contribution < -0.4 is 15.4 Å². The molecule has 24 heavy (non-hydrogen) atoms. The van der Waals surface area contributed by atoms with E-state index in [2.05, 4.69) is 40.7 Å². The minimum absolute atomic E-state index is 0.0177. The SMILES string of the molecule is CCCNC(=NCC(=O)N(C)C)NCCc1ccc(C)c(OC)c1. The lowest BCUT2D eigenvalue weighted by Gasteiger charge is -2.14. The number of hydrogen-bond acceptors (Lipinski definition) is 3. The molecule has 1 amide bonds. The maximum absolute atomic E-state index is 11.7. The molecule has 2 N–H and O–H groups in total. The van der Waals surface area contributed by atoms with Crippen molar-refractivity contribution < 1.29 is 9.53 Å². The first kappa shape index (κ1) is 19.8. The zero-order valence-electron chi connectivity index (χ0n) is 15.5. The van der Waals surface area contributed by atoms with Crippen molar-refractivity contribution in [1.82, 2.24) is 15.5 Å². The Hall–Kier alpha value is -2.24. The Morgan fingerprint density at radius 3 is 2.58 bits per heavy atom. The second kappa shape index (κ2) is 10.5. The Labute approximate surface area is 145 Å². The number of amides is 1. The molecule has 1 aromatic carbocycles. The predicted octanol–water partition coefficient (Wildman–Crippen LogP) is 1.58. The molecule has 0 fully saturated rings. The zero-order chi connectivity index (χ0) is 17.9. The Morgan fingerprint density at radius 1 is 1.25 bits per heavy atom. The number of rotatable bonds is 8. The van der Waals surface area contributed by atoms with E-state index in [1.807, 2.05) is 6.92 Å². The van der Waals surface area contributed by atoms with Crippen LogP contribution in [0.5, 0.6) is 5.75 Å². The van der Waals surface area contributed by atoms with Gasteiger partial charge in [-0.1, -0.05) is 19.1 Å². The summed E-state index contributed by atoms with van der Waals surface area (Å²) in [5.41, 5.74) is 2.33. The first-order chi connectivity index (χ1) is 11.5. The molecule has 0 bridgehead atoms. The van der Waals surface area contributed by atoms with Crippen molar-refractivity contribution in [2.45, 2.75) is 26.7 Å². The van der Waals surface area contributed by atoms with E-state index in [-0.39, 0.29) is 12.5 Å². The fraction of sp³-hybridized carbons (Fsp3) is 0.556. The molecule has 134 valence electrons. The van der Waals surface area contributed by atoms with Gasteiger partial charge < -0.3 is 20.3 Å². The highest BCUT2D eigenvalue weighted by molar-refractivity contribution is 5.84. The van der Waals surface area contributed by atoms with Gasteiger partial charge in [0.2, 0.25) is 5.91 Å². The van der Waals surface area contributed by atoms with Gasteiger partial charge in [-0.2, -0.15) is 0 Å². The van der Waals surface area contributed by atoms with Gasteiger partial charge in [0.05, 0.1) is 7.11 Å². The van der Waals surface area contributed by atoms with E-state index in [4.69, 9.17) is 4.74 Å². The minimum atomic E-state index is -0.0177. The summed E-state index contributed by atoms with van der Waals surface area (Å²) in [4.78, 5) is 17.5. The standard InChI is InChI=1S/C18H30N4O2/c1-6-10-19-18(21-13-17(23)22(3)4)20-11-9-15-8-7-14(2)16(12-15)24-5/h7-8,12H,6,9-11,13H2,1-5H3,(H2,19,20,21). The second-order valence-corrected chi connectivity index (χ2v) is 5.86. The highest BCUT2D eigenvalue weighted by Crippen LogP contribution is 2.18. The molecule has 0 atom stereocenters. The van der Waals surface area contributed by atoms with Gasteiger partial charge in [-0.05, 0) is 37.0 Å². The molecule has 1 rings (SSSR count). The van der Waals surface area contributed by atoms with Gasteiger partial charge in [-0.3, -0.25) is 4.79 Å². The van der Waals surface area contributed by atoms with E-state index in [9.17, 15) is 4.79 Å². The van der Waals surface area contributed by atoms with Crippen LogP contribution in [-0.2, 0) is 11.2 Å². The number of nitrogens with zero attached hydrogens (tertiary/aromatic N) is 2. The molecule has 6 nitrogen and oxygen atoms in total. The Morgan fingerprint density at radius 2 is 1.96 bits per heavy atom. The van der Waals surface area contributed by atoms with Gasteiger partial charge in [-0.25, -0.2) is 4.99 Å². The lowest BCUT2D eigenvalue weighted by molar-refractivity contribution is -0.127. The van der Waals surface area contributed by atoms with Crippen LogP contribution in [0.25, 0.3) is 0 Å². The molecule has 0 saturated carbocycles. The summed E-state index contributed by atoms with van der Waals surface area (Å²) in [5.74, 6) is 1.56. The van der Waals surface area contributed by atoms with Crippen molar-refractivity contribution in [1.29, 1.82) is 0 Å². The fourth-order valence-electron chi connectivity index (χ4n) is 2.05. The van der Waals surface area contributed by atoms with E-state index >= 15 is 0 Å². The molecule has 0 radical (unpaired) electrons. The third-order valence-electron chi connectivity index (χ3n) is 3.59. The van der Waals surface area contributed by atoms with Crippen LogP contribution in [0.1, 0.15) is 24.5 Å². The summed E-state index contributed by atoms with van der Waals surface area (Å²) in [5, 5.41) is 6.50. The molecule has 0 heterocycles. The van der Waals surface area contributed by atoms with Gasteiger partial charge in [-0.15, -0.1) is 0 Å². The van der Waals surface area contributed by atoms with Crippen molar-refractivity contribution in [3.63, 3.8) is 0 Å². The number of likely N-dealkylation sites (N-methyl/N-ethyl adjacent to an activating group) is 1. The topological polar surface area (TPSA) is 66.0 Å². The number of hydrogen-bond donors (Lipinski definition) is 2. The predicted molar refractivity (Wildman–Crippen MR) is 98.7 cm³/mol. The Kier molecular flexibility index (Phi) is 8.68. The van der Waals surface area contributed by atoms with Crippen LogP contribution in [0.15, 0.2) is 23.2 Å². The van der Waals surface area contributed by atoms with E-state index in [1.165, 1.54) is 5.56 Å². The lowest BCUT2D eigenvalue weighted by atomic mass is 10.1. The number of ether oxygens (including phenoxy) is 1. The van der Waals surface area contributed by atoms with Gasteiger partial charge in [0.15, 0.2) is 5.96 Å². The molecule has 0 spiro atoms. The normalized spacial score (nSPS) is 11.1. The van der Waals surface area contributed by atoms with E-state index in [0.717, 1.165) is 37.2 Å². The minimum Gasteiger partial charge on any atom is -0.496 e. The third kappa shape index (κ3) is 6.89. The summed E-state index contributed by atoms with van der Waals surface area (Å²) >= 11 is 0. The first-order valence-electron chi connectivity index (χ1n) is 8.33. The number of methoxy groups -OCH3 is 1. The highest BCUT2D eigenvalue weighted by atomic mass is 16.5. The van der Waals surface area contributed by atoms with Crippen molar-refractivity contribution in [3.8, 4) is 5.75 Å². The van der Waals surface area contributed by atoms with Crippen molar-refractivity contribution in [2.24, 2.45) is 4.99 Å². The van der Waals surface area contributed by atoms with Crippen LogP contribution in [-0.4, -0.2) is 57.6 Å². The average Bonchev–Trinajstić information content (AvgIpc) is 2.57. The lowest BCUT2D eigenvalue weighted by Crippen LogP contribution is -2.39. The first-order valence-corrected chi connectivity index (χ1v) is 8.33. The van der Waals surface area contributed by atoms with E-state index in [1.54, 1.807) is 26.1 Å². The molecule has 0 aliphatic rings. The van der Waals surface area contributed by atoms with Crippen LogP contribution in [0, 0.1) is 6.92 Å². The van der Waals surface area contributed by atoms with E-state index in [0.29, 0.717) is 5.96 Å². The Bertz CT molecular complexity index is 556. The summed E-state index contributed by atoms with van der Waals surface area (Å²) in [6, 6.07) is 6.22. The van der Waals surface area contributed by atoms with Crippen molar-refractivity contribution in [2.75, 3.05) is 40.8 Å². The molecule has 0 aliphatic carbocycles. The highest BCUT2D eigenvalue weighted by Gasteiger charge is 2.05. The van der Waals surface area contributed by atoms with Crippen LogP contribution >= 0.6 is 0 Å². The van der Waals surface area contributed by atoms with Gasteiger partial charge in [0.1, 0.15) is 12.3 Å². The molecule has 0 saturated heterocycles. The van der Waals surface area contributed by atoms with Crippen LogP contribution in [0.4, 0.5) is 0 Å². The second-order valence-electron chi connectivity index (χ2n) is 5.86. The quantitative estimate of drug-likeness (QED) is 0.560. The zero-order valence-corrected chi connectivity index (χ0v) is 15.5. The molecule has 6 heteroatoms. The van der Waals surface area contributed by atoms with Crippen LogP contribution in [0.3, 0.4) is 0 Å². The maximum Gasteiger partial charge on any atom is 0.243 e. The maximum atomic E-state index is 11.7. The van der Waals surface area contributed by atoms with E-state index < -0.39 is 0 Å². The molecule has 0 aliphatic heterocycles. The number of carbonyl (C=O) groups excluding carboxylic acids is 1. The number of carbonyl (C=O) groups is 1. The third-order valence-corrected chi connectivity index (χ3v) is 3.59. The number of aliphatic imine (C=N–C) groups is 1. The summed E-state index contributed by atoms with van der Waals surface area (Å²) in [6.45, 7) is 5.82. The number of guanidine groups is 1. The average molecular weight is 334 g/mol. The van der Waals surface area contributed by atoms with Gasteiger partial charge in [0, 0.05) is 27.2 Å². The van der Waals surface area contributed by atoms with Gasteiger partial charge in [0.25, 0.3) is 0 Å². The smallest absolute Gasteiger partial charge is 0.243 e. The summed E-state index contributed by atoms with van der Waals surface area (Å²) < 4.78 is 5.35. The number of nitrogens with one attached hydrogen (secondary N) is 2. The summed E-state index contributed by atoms with van der Waals surface area (Å²) in [6.07, 6.45) is 1.85. The summed E-state index contributed by atoms with van der Waals surface area (Å²) in [7, 11) is 5.15. The number of aryl methyl sites for hydroxylation is 1. The largest absolute Gasteiger partial charge is 0.496 e. The molecular formula is C18H30N4O2. The monoisotopic (exact) mass is 334 g/mol. The van der Waals surface area contributed by atoms with Crippen molar-refractivity contribution >= 4 is 11.9 Å². The fourth-order valence-corrected chi connectivity index (χ4v) is 2.05. The molecule has 0 unspecified atom stereocenters.